The first-order valence-corrected chi connectivity index (χ1v) is 6.09. The van der Waals surface area contributed by atoms with E-state index in [1.807, 2.05) is 0 Å². The maximum Gasteiger partial charge on any atom is 0.375 e. The normalized spacial score (nSPS) is 30.6. The fraction of sp³-hybridized carbons (Fsp3) is 0.727. The third kappa shape index (κ3) is 2.11. The van der Waals surface area contributed by atoms with Gasteiger partial charge in [0, 0.05) is 12.8 Å². The number of esters is 1. The number of ketones is 1. The number of carbonyl (C=O) groups is 2. The Morgan fingerprint density at radius 1 is 1.56 bits per heavy atom. The molecule has 3 atom stereocenters. The van der Waals surface area contributed by atoms with Gasteiger partial charge >= 0.3 is 5.97 Å². The van der Waals surface area contributed by atoms with Crippen LogP contribution in [0.5, 0.6) is 0 Å². The van der Waals surface area contributed by atoms with Gasteiger partial charge in [-0.25, -0.2) is 9.79 Å². The first-order valence-electron chi connectivity index (χ1n) is 6.09. The van der Waals surface area contributed by atoms with Gasteiger partial charge in [0.25, 0.3) is 0 Å². The summed E-state index contributed by atoms with van der Waals surface area (Å²) < 4.78 is 4.82. The predicted molar refractivity (Wildman–Crippen MR) is 62.5 cm³/mol. The van der Waals surface area contributed by atoms with E-state index in [2.05, 4.69) is 10.4 Å². The van der Waals surface area contributed by atoms with Crippen molar-refractivity contribution in [1.82, 2.24) is 10.4 Å². The van der Waals surface area contributed by atoms with Gasteiger partial charge in [0.05, 0.1) is 18.8 Å². The standard InChI is InChI=1S/C11H17N3O4/c1-3-7(15)6-5-8(16)10-12-9(13-14(6)10)11(17)18-4-2/h6,8,10,16H,3-5H2,1-2H3,(H,12,13). The molecule has 18 heavy (non-hydrogen) atoms. The summed E-state index contributed by atoms with van der Waals surface area (Å²) in [6.07, 6.45) is -0.601. The number of hydrazine groups is 1. The number of aliphatic hydroxyl groups is 1. The lowest BCUT2D eigenvalue weighted by Gasteiger charge is -2.21. The van der Waals surface area contributed by atoms with Crippen LogP contribution >= 0.6 is 0 Å². The van der Waals surface area contributed by atoms with Crippen molar-refractivity contribution in [3.05, 3.63) is 0 Å². The zero-order valence-electron chi connectivity index (χ0n) is 10.4. The molecule has 2 N–H and O–H groups in total. The largest absolute Gasteiger partial charge is 0.460 e. The topological polar surface area (TPSA) is 91.2 Å². The summed E-state index contributed by atoms with van der Waals surface area (Å²) in [7, 11) is 0. The highest BCUT2D eigenvalue weighted by Crippen LogP contribution is 2.28. The Morgan fingerprint density at radius 3 is 2.89 bits per heavy atom. The van der Waals surface area contributed by atoms with Crippen LogP contribution in [-0.2, 0) is 14.3 Å². The minimum Gasteiger partial charge on any atom is -0.460 e. The number of rotatable bonds is 4. The van der Waals surface area contributed by atoms with Gasteiger partial charge in [0.1, 0.15) is 6.17 Å². The highest BCUT2D eigenvalue weighted by Gasteiger charge is 2.48. The molecule has 0 aromatic heterocycles. The summed E-state index contributed by atoms with van der Waals surface area (Å²) >= 11 is 0. The molecule has 1 fully saturated rings. The zero-order chi connectivity index (χ0) is 13.3. The average molecular weight is 255 g/mol. The van der Waals surface area contributed by atoms with Crippen LogP contribution in [0.1, 0.15) is 26.7 Å². The molecular weight excluding hydrogens is 238 g/mol. The molecule has 2 heterocycles. The number of hydrogen-bond acceptors (Lipinski definition) is 7. The molecule has 0 aromatic rings. The van der Waals surface area contributed by atoms with Gasteiger partial charge in [0.15, 0.2) is 5.78 Å². The summed E-state index contributed by atoms with van der Waals surface area (Å²) in [6.45, 7) is 3.72. The van der Waals surface area contributed by atoms with Crippen LogP contribution in [0, 0.1) is 0 Å². The Hall–Kier alpha value is -1.47. The highest BCUT2D eigenvalue weighted by molar-refractivity contribution is 6.35. The molecule has 0 spiro atoms. The summed E-state index contributed by atoms with van der Waals surface area (Å²) in [4.78, 5) is 27.3. The number of aliphatic imine (C=N–C) groups is 1. The van der Waals surface area contributed by atoms with E-state index in [0.29, 0.717) is 12.8 Å². The molecule has 100 valence electrons. The van der Waals surface area contributed by atoms with Crippen molar-refractivity contribution in [3.8, 4) is 0 Å². The Balaban J connectivity index is 2.11. The number of hydrogen-bond donors (Lipinski definition) is 2. The van der Waals surface area contributed by atoms with Crippen LogP contribution < -0.4 is 5.43 Å². The maximum absolute atomic E-state index is 11.7. The molecule has 0 bridgehead atoms. The van der Waals surface area contributed by atoms with E-state index in [0.717, 1.165) is 0 Å². The van der Waals surface area contributed by atoms with Crippen molar-refractivity contribution >= 4 is 17.6 Å². The zero-order valence-corrected chi connectivity index (χ0v) is 10.4. The SMILES string of the molecule is CCOC(=O)C1=NC2C(O)CC(C(=O)CC)N2N1. The molecule has 7 nitrogen and oxygen atoms in total. The Labute approximate surface area is 105 Å². The van der Waals surface area contributed by atoms with Crippen LogP contribution in [0.25, 0.3) is 0 Å². The fourth-order valence-electron chi connectivity index (χ4n) is 2.23. The summed E-state index contributed by atoms with van der Waals surface area (Å²) in [6, 6.07) is -0.439. The van der Waals surface area contributed by atoms with Crippen molar-refractivity contribution in [2.45, 2.75) is 45.0 Å². The predicted octanol–water partition coefficient (Wildman–Crippen LogP) is -0.793. The van der Waals surface area contributed by atoms with Crippen molar-refractivity contribution in [2.24, 2.45) is 4.99 Å². The van der Waals surface area contributed by atoms with E-state index >= 15 is 0 Å². The lowest BCUT2D eigenvalue weighted by Crippen LogP contribution is -2.48. The molecule has 2 rings (SSSR count). The third-order valence-electron chi connectivity index (χ3n) is 3.11. The van der Waals surface area contributed by atoms with Crippen molar-refractivity contribution in [1.29, 1.82) is 0 Å². The summed E-state index contributed by atoms with van der Waals surface area (Å²) in [5, 5.41) is 11.4. The number of fused-ring (bicyclic) bond motifs is 1. The lowest BCUT2D eigenvalue weighted by molar-refractivity contribution is -0.135. The molecule has 0 radical (unpaired) electrons. The van der Waals surface area contributed by atoms with E-state index in [-0.39, 0.29) is 18.2 Å². The number of aliphatic hydroxyl groups excluding tert-OH is 1. The van der Waals surface area contributed by atoms with Crippen LogP contribution in [-0.4, -0.2) is 52.6 Å². The van der Waals surface area contributed by atoms with E-state index in [1.165, 1.54) is 0 Å². The number of ether oxygens (including phenoxy) is 1. The van der Waals surface area contributed by atoms with Gasteiger partial charge in [0.2, 0.25) is 5.84 Å². The Bertz CT molecular complexity index is 396. The second kappa shape index (κ2) is 5.03. The molecule has 3 unspecified atom stereocenters. The smallest absolute Gasteiger partial charge is 0.375 e. The van der Waals surface area contributed by atoms with Crippen molar-refractivity contribution in [3.63, 3.8) is 0 Å². The van der Waals surface area contributed by atoms with Gasteiger partial charge in [-0.2, -0.15) is 5.01 Å². The van der Waals surface area contributed by atoms with Gasteiger partial charge in [-0.05, 0) is 6.92 Å². The third-order valence-corrected chi connectivity index (χ3v) is 3.11. The Kier molecular flexibility index (Phi) is 3.63. The molecule has 1 saturated heterocycles. The van der Waals surface area contributed by atoms with Crippen molar-refractivity contribution < 1.29 is 19.4 Å². The minimum absolute atomic E-state index is 0.0179. The fourth-order valence-corrected chi connectivity index (χ4v) is 2.23. The summed E-state index contributed by atoms with van der Waals surface area (Å²) in [5.41, 5.74) is 2.76. The number of carbonyl (C=O) groups excluding carboxylic acids is 2. The molecular formula is C11H17N3O4. The number of nitrogens with one attached hydrogen (secondary N) is 1. The van der Waals surface area contributed by atoms with Gasteiger partial charge in [-0.3, -0.25) is 10.2 Å². The number of amidine groups is 1. The van der Waals surface area contributed by atoms with Crippen molar-refractivity contribution in [2.75, 3.05) is 6.61 Å². The van der Waals surface area contributed by atoms with Gasteiger partial charge in [-0.15, -0.1) is 0 Å². The van der Waals surface area contributed by atoms with E-state index in [4.69, 9.17) is 4.74 Å². The monoisotopic (exact) mass is 255 g/mol. The molecule has 0 aliphatic carbocycles. The van der Waals surface area contributed by atoms with Crippen LogP contribution in [0.4, 0.5) is 0 Å². The lowest BCUT2D eigenvalue weighted by atomic mass is 10.1. The molecule has 0 saturated carbocycles. The number of nitrogens with zero attached hydrogens (tertiary/aromatic N) is 2. The van der Waals surface area contributed by atoms with Gasteiger partial charge < -0.3 is 9.84 Å². The quantitative estimate of drug-likeness (QED) is 0.639. The molecule has 7 heteroatoms. The first-order chi connectivity index (χ1) is 8.58. The maximum atomic E-state index is 11.7. The molecule has 2 aliphatic heterocycles. The number of Topliss-reactive ketones (excluding diaryl/α,β-unsaturated/α-hetero) is 1. The average Bonchev–Trinajstić information content (AvgIpc) is 2.90. The summed E-state index contributed by atoms with van der Waals surface area (Å²) in [5.74, 6) is -0.499. The van der Waals surface area contributed by atoms with Crippen LogP contribution in [0.15, 0.2) is 4.99 Å². The Morgan fingerprint density at radius 2 is 2.28 bits per heavy atom. The van der Waals surface area contributed by atoms with Crippen LogP contribution in [0.3, 0.4) is 0 Å². The van der Waals surface area contributed by atoms with E-state index in [1.54, 1.807) is 18.9 Å². The second-order valence-corrected chi connectivity index (χ2v) is 4.27. The van der Waals surface area contributed by atoms with Gasteiger partial charge in [-0.1, -0.05) is 6.92 Å². The van der Waals surface area contributed by atoms with E-state index in [9.17, 15) is 14.7 Å². The van der Waals surface area contributed by atoms with Crippen LogP contribution in [0.2, 0.25) is 0 Å². The molecule has 2 aliphatic rings. The highest BCUT2D eigenvalue weighted by atomic mass is 16.5. The second-order valence-electron chi connectivity index (χ2n) is 4.27. The first kappa shape index (κ1) is 13.0. The molecule has 0 amide bonds. The minimum atomic E-state index is -0.745. The molecule has 0 aromatic carbocycles. The van der Waals surface area contributed by atoms with E-state index < -0.39 is 24.3 Å².